The van der Waals surface area contributed by atoms with Crippen LogP contribution in [0.1, 0.15) is 23.2 Å². The molecule has 1 amide bonds. The van der Waals surface area contributed by atoms with Crippen LogP contribution in [0.4, 0.5) is 5.82 Å². The van der Waals surface area contributed by atoms with Crippen molar-refractivity contribution in [3.05, 3.63) is 42.4 Å². The lowest BCUT2D eigenvalue weighted by molar-refractivity contribution is 0.0681. The molecule has 0 aromatic carbocycles. The Hall–Kier alpha value is -2.41. The van der Waals surface area contributed by atoms with Crippen LogP contribution in [-0.4, -0.2) is 65.0 Å². The van der Waals surface area contributed by atoms with E-state index in [0.29, 0.717) is 11.5 Å². The van der Waals surface area contributed by atoms with Crippen molar-refractivity contribution >= 4 is 11.7 Å². The number of rotatable bonds is 4. The van der Waals surface area contributed by atoms with Gasteiger partial charge in [-0.05, 0) is 37.0 Å². The third kappa shape index (κ3) is 3.88. The van der Waals surface area contributed by atoms with Gasteiger partial charge in [0.2, 0.25) is 0 Å². The first-order chi connectivity index (χ1) is 12.8. The lowest BCUT2D eigenvalue weighted by Crippen LogP contribution is -2.39. The third-order valence-electron chi connectivity index (χ3n) is 5.24. The van der Waals surface area contributed by atoms with Crippen molar-refractivity contribution in [3.63, 3.8) is 0 Å². The number of pyridine rings is 1. The number of morpholine rings is 1. The van der Waals surface area contributed by atoms with E-state index in [4.69, 9.17) is 4.74 Å². The zero-order valence-corrected chi connectivity index (χ0v) is 15.0. The molecule has 2 aliphatic rings. The van der Waals surface area contributed by atoms with E-state index >= 15 is 0 Å². The molecular weight excluding hydrogens is 330 g/mol. The predicted molar refractivity (Wildman–Crippen MR) is 98.1 cm³/mol. The van der Waals surface area contributed by atoms with Crippen LogP contribution < -0.4 is 4.90 Å². The standard InChI is InChI=1S/C19H25N5O2/c25-19(17-2-3-18(20-14-17)22-10-12-26-13-11-22)23-8-4-16(5-9-23)15-24-7-1-6-21-24/h1-3,6-7,14,16H,4-5,8-13,15H2. The molecule has 2 aromatic rings. The number of carbonyl (C=O) groups excluding carboxylic acids is 1. The average Bonchev–Trinajstić information content (AvgIpc) is 3.22. The number of piperidine rings is 1. The number of carbonyl (C=O) groups is 1. The predicted octanol–water partition coefficient (Wildman–Crippen LogP) is 1.67. The molecule has 26 heavy (non-hydrogen) atoms. The number of ether oxygens (including phenoxy) is 1. The molecule has 0 unspecified atom stereocenters. The van der Waals surface area contributed by atoms with Crippen LogP contribution in [0.3, 0.4) is 0 Å². The van der Waals surface area contributed by atoms with Gasteiger partial charge in [0.1, 0.15) is 5.82 Å². The fourth-order valence-corrected chi connectivity index (χ4v) is 3.67. The Labute approximate surface area is 153 Å². The van der Waals surface area contributed by atoms with Crippen molar-refractivity contribution < 1.29 is 9.53 Å². The van der Waals surface area contributed by atoms with Crippen LogP contribution >= 0.6 is 0 Å². The summed E-state index contributed by atoms with van der Waals surface area (Å²) in [5.74, 6) is 1.59. The molecule has 138 valence electrons. The smallest absolute Gasteiger partial charge is 0.255 e. The number of nitrogens with zero attached hydrogens (tertiary/aromatic N) is 5. The van der Waals surface area contributed by atoms with E-state index in [2.05, 4.69) is 15.0 Å². The van der Waals surface area contributed by atoms with E-state index in [1.54, 1.807) is 6.20 Å². The summed E-state index contributed by atoms with van der Waals surface area (Å²) in [6.07, 6.45) is 7.56. The number of anilines is 1. The van der Waals surface area contributed by atoms with Crippen LogP contribution in [0.25, 0.3) is 0 Å². The molecule has 0 N–H and O–H groups in total. The lowest BCUT2D eigenvalue weighted by atomic mass is 9.96. The van der Waals surface area contributed by atoms with Crippen LogP contribution in [0, 0.1) is 5.92 Å². The maximum absolute atomic E-state index is 12.7. The van der Waals surface area contributed by atoms with Crippen molar-refractivity contribution in [1.82, 2.24) is 19.7 Å². The largest absolute Gasteiger partial charge is 0.378 e. The highest BCUT2D eigenvalue weighted by Gasteiger charge is 2.24. The highest BCUT2D eigenvalue weighted by atomic mass is 16.5. The zero-order valence-electron chi connectivity index (χ0n) is 15.0. The zero-order chi connectivity index (χ0) is 17.8. The number of hydrogen-bond donors (Lipinski definition) is 0. The Morgan fingerprint density at radius 3 is 2.62 bits per heavy atom. The van der Waals surface area contributed by atoms with E-state index in [1.807, 2.05) is 40.2 Å². The molecule has 0 saturated carbocycles. The molecule has 7 heteroatoms. The molecular formula is C19H25N5O2. The molecule has 2 aromatic heterocycles. The van der Waals surface area contributed by atoms with Crippen LogP contribution in [0.15, 0.2) is 36.8 Å². The summed E-state index contributed by atoms with van der Waals surface area (Å²) in [6, 6.07) is 5.80. The molecule has 2 fully saturated rings. The van der Waals surface area contributed by atoms with E-state index in [0.717, 1.165) is 64.6 Å². The first kappa shape index (κ1) is 17.0. The molecule has 0 radical (unpaired) electrons. The Balaban J connectivity index is 1.31. The molecule has 2 saturated heterocycles. The molecule has 0 bridgehead atoms. The van der Waals surface area contributed by atoms with E-state index in [9.17, 15) is 4.79 Å². The van der Waals surface area contributed by atoms with E-state index in [1.165, 1.54) is 0 Å². The van der Waals surface area contributed by atoms with Crippen molar-refractivity contribution in [2.75, 3.05) is 44.3 Å². The van der Waals surface area contributed by atoms with Gasteiger partial charge in [-0.1, -0.05) is 0 Å². The van der Waals surface area contributed by atoms with Crippen LogP contribution in [0.2, 0.25) is 0 Å². The molecule has 0 aliphatic carbocycles. The van der Waals surface area contributed by atoms with Gasteiger partial charge in [-0.3, -0.25) is 9.48 Å². The van der Waals surface area contributed by atoms with Crippen molar-refractivity contribution in [2.24, 2.45) is 5.92 Å². The second-order valence-electron chi connectivity index (χ2n) is 6.97. The molecule has 0 atom stereocenters. The quantitative estimate of drug-likeness (QED) is 0.835. The second-order valence-corrected chi connectivity index (χ2v) is 6.97. The summed E-state index contributed by atoms with van der Waals surface area (Å²) >= 11 is 0. The maximum Gasteiger partial charge on any atom is 0.255 e. The molecule has 4 heterocycles. The van der Waals surface area contributed by atoms with Gasteiger partial charge >= 0.3 is 0 Å². The molecule has 0 spiro atoms. The van der Waals surface area contributed by atoms with Crippen molar-refractivity contribution in [1.29, 1.82) is 0 Å². The number of amides is 1. The fraction of sp³-hybridized carbons (Fsp3) is 0.526. The van der Waals surface area contributed by atoms with Gasteiger partial charge in [0.05, 0.1) is 18.8 Å². The number of likely N-dealkylation sites (tertiary alicyclic amines) is 1. The molecule has 4 rings (SSSR count). The van der Waals surface area contributed by atoms with Gasteiger partial charge in [-0.2, -0.15) is 5.10 Å². The fourth-order valence-electron chi connectivity index (χ4n) is 3.67. The average molecular weight is 355 g/mol. The van der Waals surface area contributed by atoms with Gasteiger partial charge < -0.3 is 14.5 Å². The molecule has 7 nitrogen and oxygen atoms in total. The summed E-state index contributed by atoms with van der Waals surface area (Å²) in [6.45, 7) is 5.70. The Morgan fingerprint density at radius 2 is 1.96 bits per heavy atom. The summed E-state index contributed by atoms with van der Waals surface area (Å²) < 4.78 is 7.35. The maximum atomic E-state index is 12.7. The first-order valence-corrected chi connectivity index (χ1v) is 9.35. The van der Waals surface area contributed by atoms with Gasteiger partial charge in [0.15, 0.2) is 0 Å². The summed E-state index contributed by atoms with van der Waals surface area (Å²) in [7, 11) is 0. The Kier molecular flexibility index (Phi) is 5.15. The third-order valence-corrected chi connectivity index (χ3v) is 5.24. The minimum Gasteiger partial charge on any atom is -0.378 e. The second kappa shape index (κ2) is 7.86. The monoisotopic (exact) mass is 355 g/mol. The van der Waals surface area contributed by atoms with Gasteiger partial charge in [0.25, 0.3) is 5.91 Å². The number of aromatic nitrogens is 3. The van der Waals surface area contributed by atoms with Crippen molar-refractivity contribution in [3.8, 4) is 0 Å². The van der Waals surface area contributed by atoms with Crippen LogP contribution in [0.5, 0.6) is 0 Å². The SMILES string of the molecule is O=C(c1ccc(N2CCOCC2)nc1)N1CCC(Cn2cccn2)CC1. The van der Waals surface area contributed by atoms with Crippen LogP contribution in [-0.2, 0) is 11.3 Å². The van der Waals surface area contributed by atoms with Gasteiger partial charge in [-0.25, -0.2) is 4.98 Å². The molecule has 2 aliphatic heterocycles. The van der Waals surface area contributed by atoms with E-state index < -0.39 is 0 Å². The van der Waals surface area contributed by atoms with Gasteiger partial charge in [-0.15, -0.1) is 0 Å². The van der Waals surface area contributed by atoms with E-state index in [-0.39, 0.29) is 5.91 Å². The lowest BCUT2D eigenvalue weighted by Gasteiger charge is -2.32. The summed E-state index contributed by atoms with van der Waals surface area (Å²) in [4.78, 5) is 21.4. The van der Waals surface area contributed by atoms with Gasteiger partial charge in [0, 0.05) is 51.3 Å². The summed E-state index contributed by atoms with van der Waals surface area (Å²) in [5, 5.41) is 4.27. The normalized spacial score (nSPS) is 18.9. The minimum absolute atomic E-state index is 0.0866. The minimum atomic E-state index is 0.0866. The first-order valence-electron chi connectivity index (χ1n) is 9.35. The highest BCUT2D eigenvalue weighted by molar-refractivity contribution is 5.94. The van der Waals surface area contributed by atoms with Crippen molar-refractivity contribution in [2.45, 2.75) is 19.4 Å². The topological polar surface area (TPSA) is 63.5 Å². The Bertz CT molecular complexity index is 702. The highest BCUT2D eigenvalue weighted by Crippen LogP contribution is 2.21. The number of hydrogen-bond acceptors (Lipinski definition) is 5. The Morgan fingerprint density at radius 1 is 1.15 bits per heavy atom. The summed E-state index contributed by atoms with van der Waals surface area (Å²) in [5.41, 5.74) is 0.674.